The van der Waals surface area contributed by atoms with Crippen molar-refractivity contribution in [1.29, 1.82) is 5.26 Å². The third kappa shape index (κ3) is 3.34. The molecule has 102 valence electrons. The molecule has 0 aliphatic carbocycles. The van der Waals surface area contributed by atoms with Gasteiger partial charge in [-0.15, -0.1) is 0 Å². The Morgan fingerprint density at radius 1 is 1.15 bits per heavy atom. The first-order valence-corrected chi connectivity index (χ1v) is 6.43. The molecule has 0 heterocycles. The molecule has 0 fully saturated rings. The Bertz CT molecular complexity index is 605. The smallest absolute Gasteiger partial charge is 0.124 e. The molecule has 0 saturated carbocycles. The predicted molar refractivity (Wildman–Crippen MR) is 77.7 cm³/mol. The van der Waals surface area contributed by atoms with Gasteiger partial charge in [-0.2, -0.15) is 5.26 Å². The van der Waals surface area contributed by atoms with E-state index < -0.39 is 5.82 Å². The molecule has 0 aliphatic heterocycles. The van der Waals surface area contributed by atoms with Crippen molar-refractivity contribution < 1.29 is 4.39 Å². The number of hydrogen-bond donors (Lipinski definition) is 1. The van der Waals surface area contributed by atoms with Gasteiger partial charge >= 0.3 is 0 Å². The summed E-state index contributed by atoms with van der Waals surface area (Å²) in [5, 5.41) is 9.15. The van der Waals surface area contributed by atoms with Gasteiger partial charge in [0.1, 0.15) is 11.9 Å². The maximum Gasteiger partial charge on any atom is 0.124 e. The number of nitrogens with zero attached hydrogens (tertiary/aromatic N) is 2. The summed E-state index contributed by atoms with van der Waals surface area (Å²) in [6.45, 7) is 1.71. The van der Waals surface area contributed by atoms with E-state index in [9.17, 15) is 4.39 Å². The van der Waals surface area contributed by atoms with Crippen LogP contribution in [-0.2, 0) is 6.54 Å². The van der Waals surface area contributed by atoms with Gasteiger partial charge in [0.25, 0.3) is 0 Å². The fourth-order valence-corrected chi connectivity index (χ4v) is 2.12. The van der Waals surface area contributed by atoms with E-state index in [1.54, 1.807) is 6.07 Å². The largest absolute Gasteiger partial charge is 0.365 e. The number of nitrogens with two attached hydrogens (primary N) is 1. The summed E-state index contributed by atoms with van der Waals surface area (Å²) < 4.78 is 13.2. The van der Waals surface area contributed by atoms with Gasteiger partial charge in [-0.05, 0) is 23.8 Å². The molecule has 0 radical (unpaired) electrons. The standard InChI is InChI=1S/C16H16FN3/c17-15-6-7-16(14(10-15)11-19)20(9-8-18)12-13-4-2-1-3-5-13/h1-7,10H,8-9,12,18H2. The van der Waals surface area contributed by atoms with E-state index in [0.717, 1.165) is 5.56 Å². The Balaban J connectivity index is 2.31. The van der Waals surface area contributed by atoms with Crippen LogP contribution >= 0.6 is 0 Å². The highest BCUT2D eigenvalue weighted by Gasteiger charge is 2.12. The molecular formula is C16H16FN3. The number of anilines is 1. The molecule has 0 aromatic heterocycles. The van der Waals surface area contributed by atoms with Crippen molar-refractivity contribution in [1.82, 2.24) is 0 Å². The zero-order valence-corrected chi connectivity index (χ0v) is 11.1. The summed E-state index contributed by atoms with van der Waals surface area (Å²) in [6, 6.07) is 16.2. The Kier molecular flexibility index (Phi) is 4.70. The molecule has 0 atom stereocenters. The molecule has 2 aromatic rings. The summed E-state index contributed by atoms with van der Waals surface area (Å²) in [6.07, 6.45) is 0. The molecule has 3 nitrogen and oxygen atoms in total. The van der Waals surface area contributed by atoms with E-state index >= 15 is 0 Å². The Morgan fingerprint density at radius 2 is 1.90 bits per heavy atom. The van der Waals surface area contributed by atoms with Crippen molar-refractivity contribution in [3.63, 3.8) is 0 Å². The highest BCUT2D eigenvalue weighted by atomic mass is 19.1. The fraction of sp³-hybridized carbons (Fsp3) is 0.188. The third-order valence-corrected chi connectivity index (χ3v) is 3.04. The van der Waals surface area contributed by atoms with Crippen LogP contribution < -0.4 is 10.6 Å². The summed E-state index contributed by atoms with van der Waals surface area (Å²) in [5.74, 6) is -0.405. The summed E-state index contributed by atoms with van der Waals surface area (Å²) in [4.78, 5) is 1.99. The molecule has 4 heteroatoms. The summed E-state index contributed by atoms with van der Waals surface area (Å²) in [5.41, 5.74) is 7.80. The lowest BCUT2D eigenvalue weighted by atomic mass is 10.1. The Hall–Kier alpha value is -2.38. The highest BCUT2D eigenvalue weighted by molar-refractivity contribution is 5.59. The van der Waals surface area contributed by atoms with E-state index in [1.165, 1.54) is 12.1 Å². The second-order valence-electron chi connectivity index (χ2n) is 4.47. The normalized spacial score (nSPS) is 10.1. The minimum absolute atomic E-state index is 0.328. The van der Waals surface area contributed by atoms with E-state index in [2.05, 4.69) is 0 Å². The van der Waals surface area contributed by atoms with Crippen molar-refractivity contribution in [2.24, 2.45) is 5.73 Å². The van der Waals surface area contributed by atoms with Crippen LogP contribution in [0.25, 0.3) is 0 Å². The van der Waals surface area contributed by atoms with E-state index in [4.69, 9.17) is 11.0 Å². The predicted octanol–water partition coefficient (Wildman–Crippen LogP) is 2.66. The molecule has 0 spiro atoms. The zero-order valence-electron chi connectivity index (χ0n) is 11.1. The van der Waals surface area contributed by atoms with Gasteiger partial charge in [0.15, 0.2) is 0 Å². The van der Waals surface area contributed by atoms with Crippen LogP contribution in [0, 0.1) is 17.1 Å². The average molecular weight is 269 g/mol. The number of halogens is 1. The fourth-order valence-electron chi connectivity index (χ4n) is 2.12. The van der Waals surface area contributed by atoms with Gasteiger partial charge in [0, 0.05) is 19.6 Å². The first-order chi connectivity index (χ1) is 9.74. The van der Waals surface area contributed by atoms with Gasteiger partial charge in [-0.3, -0.25) is 0 Å². The average Bonchev–Trinajstić information content (AvgIpc) is 2.48. The van der Waals surface area contributed by atoms with Crippen LogP contribution in [0.3, 0.4) is 0 Å². The molecular weight excluding hydrogens is 253 g/mol. The zero-order chi connectivity index (χ0) is 14.4. The van der Waals surface area contributed by atoms with E-state index in [1.807, 2.05) is 41.3 Å². The van der Waals surface area contributed by atoms with Crippen LogP contribution in [0.1, 0.15) is 11.1 Å². The van der Waals surface area contributed by atoms with Gasteiger partial charge in [-0.1, -0.05) is 30.3 Å². The molecule has 0 bridgehead atoms. The number of hydrogen-bond acceptors (Lipinski definition) is 3. The molecule has 0 saturated heterocycles. The SMILES string of the molecule is N#Cc1cc(F)ccc1N(CCN)Cc1ccccc1. The van der Waals surface area contributed by atoms with Gasteiger partial charge in [-0.25, -0.2) is 4.39 Å². The first-order valence-electron chi connectivity index (χ1n) is 6.43. The van der Waals surface area contributed by atoms with E-state index in [-0.39, 0.29) is 0 Å². The maximum atomic E-state index is 13.2. The number of rotatable bonds is 5. The third-order valence-electron chi connectivity index (χ3n) is 3.04. The van der Waals surface area contributed by atoms with Crippen molar-refractivity contribution in [2.75, 3.05) is 18.0 Å². The molecule has 0 amide bonds. The molecule has 2 N–H and O–H groups in total. The van der Waals surface area contributed by atoms with Crippen LogP contribution in [0.15, 0.2) is 48.5 Å². The van der Waals surface area contributed by atoms with Crippen LogP contribution in [0.2, 0.25) is 0 Å². The highest BCUT2D eigenvalue weighted by Crippen LogP contribution is 2.22. The first kappa shape index (κ1) is 14.0. The molecule has 0 aliphatic rings. The Morgan fingerprint density at radius 3 is 2.55 bits per heavy atom. The van der Waals surface area contributed by atoms with Gasteiger partial charge in [0.05, 0.1) is 11.3 Å². The van der Waals surface area contributed by atoms with E-state index in [0.29, 0.717) is 30.9 Å². The second-order valence-corrected chi connectivity index (χ2v) is 4.47. The van der Waals surface area contributed by atoms with Crippen LogP contribution in [0.4, 0.5) is 10.1 Å². The topological polar surface area (TPSA) is 53.0 Å². The monoisotopic (exact) mass is 269 g/mol. The van der Waals surface area contributed by atoms with Crippen molar-refractivity contribution in [3.05, 3.63) is 65.5 Å². The summed E-state index contributed by atoms with van der Waals surface area (Å²) >= 11 is 0. The summed E-state index contributed by atoms with van der Waals surface area (Å²) in [7, 11) is 0. The lowest BCUT2D eigenvalue weighted by Gasteiger charge is -2.25. The van der Waals surface area contributed by atoms with Crippen LogP contribution in [-0.4, -0.2) is 13.1 Å². The minimum Gasteiger partial charge on any atom is -0.365 e. The number of nitriles is 1. The second kappa shape index (κ2) is 6.69. The van der Waals surface area contributed by atoms with Crippen molar-refractivity contribution in [2.45, 2.75) is 6.54 Å². The minimum atomic E-state index is -0.405. The maximum absolute atomic E-state index is 13.2. The number of benzene rings is 2. The lowest BCUT2D eigenvalue weighted by molar-refractivity contribution is 0.626. The molecule has 2 rings (SSSR count). The lowest BCUT2D eigenvalue weighted by Crippen LogP contribution is -2.29. The van der Waals surface area contributed by atoms with Gasteiger partial charge < -0.3 is 10.6 Å². The van der Waals surface area contributed by atoms with Crippen LogP contribution in [0.5, 0.6) is 0 Å². The Labute approximate surface area is 118 Å². The van der Waals surface area contributed by atoms with Gasteiger partial charge in [0.2, 0.25) is 0 Å². The molecule has 0 unspecified atom stereocenters. The van der Waals surface area contributed by atoms with Crippen molar-refractivity contribution in [3.8, 4) is 6.07 Å². The quantitative estimate of drug-likeness (QED) is 0.908. The molecule has 2 aromatic carbocycles. The van der Waals surface area contributed by atoms with Crippen molar-refractivity contribution >= 4 is 5.69 Å². The molecule has 20 heavy (non-hydrogen) atoms.